The zero-order chi connectivity index (χ0) is 5.70. The number of hydrogen-bond donors (Lipinski definition) is 2. The Morgan fingerprint density at radius 3 is 2.14 bits per heavy atom. The molecule has 0 aliphatic heterocycles. The van der Waals surface area contributed by atoms with Gasteiger partial charge in [-0.15, -0.1) is 11.6 Å². The van der Waals surface area contributed by atoms with Gasteiger partial charge in [-0.1, -0.05) is 0 Å². The Bertz CT molecular complexity index is 40.7. The van der Waals surface area contributed by atoms with Crippen LogP contribution in [0.25, 0.3) is 0 Å². The molecule has 0 spiro atoms. The van der Waals surface area contributed by atoms with Crippen molar-refractivity contribution in [1.29, 1.82) is 0 Å². The lowest BCUT2D eigenvalue weighted by atomic mass is 10.3. The van der Waals surface area contributed by atoms with E-state index in [1.165, 1.54) is 0 Å². The first-order valence-electron chi connectivity index (χ1n) is 2.35. The van der Waals surface area contributed by atoms with E-state index in [-0.39, 0.29) is 5.38 Å². The molecule has 0 aliphatic rings. The van der Waals surface area contributed by atoms with Gasteiger partial charge in [-0.25, -0.2) is 0 Å². The lowest BCUT2D eigenvalue weighted by Gasteiger charge is -2.00. The predicted octanol–water partition coefficient (Wildman–Crippen LogP) is -0.0987. The van der Waals surface area contributed by atoms with Crippen LogP contribution in [0.1, 0.15) is 6.42 Å². The Hall–Kier alpha value is 0.210. The lowest BCUT2D eigenvalue weighted by molar-refractivity contribution is 0.764. The number of alkyl halides is 1. The van der Waals surface area contributed by atoms with E-state index >= 15 is 0 Å². The summed E-state index contributed by atoms with van der Waals surface area (Å²) in [4.78, 5) is 0. The van der Waals surface area contributed by atoms with Crippen molar-refractivity contribution < 1.29 is 0 Å². The van der Waals surface area contributed by atoms with Gasteiger partial charge in [-0.05, 0) is 13.0 Å². The Balaban J connectivity index is 2.83. The van der Waals surface area contributed by atoms with Crippen molar-refractivity contribution in [1.82, 2.24) is 0 Å². The Morgan fingerprint density at radius 1 is 1.43 bits per heavy atom. The van der Waals surface area contributed by atoms with Gasteiger partial charge in [0.15, 0.2) is 0 Å². The van der Waals surface area contributed by atoms with E-state index in [2.05, 4.69) is 0 Å². The quantitative estimate of drug-likeness (QED) is 0.514. The summed E-state index contributed by atoms with van der Waals surface area (Å²) in [7, 11) is 0. The van der Waals surface area contributed by atoms with Crippen molar-refractivity contribution in [2.75, 3.05) is 13.1 Å². The lowest BCUT2D eigenvalue weighted by Crippen LogP contribution is -2.17. The number of rotatable bonds is 3. The van der Waals surface area contributed by atoms with Gasteiger partial charge >= 0.3 is 0 Å². The summed E-state index contributed by atoms with van der Waals surface area (Å²) in [6, 6.07) is 0. The molecule has 4 N–H and O–H groups in total. The molecular formula is C4H11ClN2. The van der Waals surface area contributed by atoms with Crippen LogP contribution in [0.3, 0.4) is 0 Å². The van der Waals surface area contributed by atoms with Crippen molar-refractivity contribution in [2.45, 2.75) is 11.8 Å². The summed E-state index contributed by atoms with van der Waals surface area (Å²) >= 11 is 5.56. The van der Waals surface area contributed by atoms with Gasteiger partial charge in [-0.3, -0.25) is 0 Å². The molecule has 3 heteroatoms. The summed E-state index contributed by atoms with van der Waals surface area (Å²) in [5.41, 5.74) is 10.3. The summed E-state index contributed by atoms with van der Waals surface area (Å²) in [6.45, 7) is 1.16. The highest BCUT2D eigenvalue weighted by atomic mass is 35.5. The fraction of sp³-hybridized carbons (Fsp3) is 1.00. The van der Waals surface area contributed by atoms with Crippen molar-refractivity contribution in [3.63, 3.8) is 0 Å². The largest absolute Gasteiger partial charge is 0.330 e. The van der Waals surface area contributed by atoms with Crippen molar-refractivity contribution in [3.05, 3.63) is 0 Å². The maximum absolute atomic E-state index is 5.56. The van der Waals surface area contributed by atoms with Gasteiger partial charge in [0.1, 0.15) is 0 Å². The highest BCUT2D eigenvalue weighted by Crippen LogP contribution is 1.95. The summed E-state index contributed by atoms with van der Waals surface area (Å²) < 4.78 is 0. The summed E-state index contributed by atoms with van der Waals surface area (Å²) in [6.07, 6.45) is 0.818. The van der Waals surface area contributed by atoms with Gasteiger partial charge in [0.05, 0.1) is 0 Å². The third-order valence-corrected chi connectivity index (χ3v) is 1.13. The van der Waals surface area contributed by atoms with Crippen LogP contribution in [0.4, 0.5) is 0 Å². The number of hydrogen-bond acceptors (Lipinski definition) is 2. The average molecular weight is 123 g/mol. The smallest absolute Gasteiger partial charge is 0.0470 e. The maximum Gasteiger partial charge on any atom is 0.0470 e. The molecule has 7 heavy (non-hydrogen) atoms. The molecule has 0 aromatic carbocycles. The third-order valence-electron chi connectivity index (χ3n) is 0.736. The van der Waals surface area contributed by atoms with Crippen LogP contribution in [0.2, 0.25) is 0 Å². The average Bonchev–Trinajstić information content (AvgIpc) is 1.68. The first-order chi connectivity index (χ1) is 3.31. The second kappa shape index (κ2) is 4.37. The fourth-order valence-electron chi connectivity index (χ4n) is 0.299. The van der Waals surface area contributed by atoms with Crippen molar-refractivity contribution >= 4 is 11.6 Å². The molecule has 0 bridgehead atoms. The third kappa shape index (κ3) is 4.05. The molecule has 0 rings (SSSR count). The molecule has 0 fully saturated rings. The normalized spacial score (nSPS) is 14.1. The van der Waals surface area contributed by atoms with E-state index in [0.29, 0.717) is 13.1 Å². The van der Waals surface area contributed by atoms with E-state index in [1.807, 2.05) is 0 Å². The second-order valence-electron chi connectivity index (χ2n) is 1.41. The topological polar surface area (TPSA) is 52.0 Å². The van der Waals surface area contributed by atoms with Gasteiger partial charge in [0.2, 0.25) is 0 Å². The molecule has 0 saturated heterocycles. The zero-order valence-corrected chi connectivity index (χ0v) is 4.99. The maximum atomic E-state index is 5.56. The molecule has 1 unspecified atom stereocenters. The summed E-state index contributed by atoms with van der Waals surface area (Å²) in [5, 5.41) is 0.0741. The van der Waals surface area contributed by atoms with Crippen LogP contribution >= 0.6 is 11.6 Å². The van der Waals surface area contributed by atoms with E-state index < -0.39 is 0 Å². The fourth-order valence-corrected chi connectivity index (χ4v) is 0.425. The highest BCUT2D eigenvalue weighted by molar-refractivity contribution is 6.20. The van der Waals surface area contributed by atoms with E-state index in [9.17, 15) is 0 Å². The molecule has 44 valence electrons. The highest BCUT2D eigenvalue weighted by Gasteiger charge is 1.96. The minimum atomic E-state index is 0.0741. The molecule has 0 heterocycles. The van der Waals surface area contributed by atoms with Gasteiger partial charge in [0, 0.05) is 11.9 Å². The standard InChI is InChI=1S/C4H11ClN2/c5-4(3-7)1-2-6/h4H,1-3,6-7H2. The minimum Gasteiger partial charge on any atom is -0.330 e. The van der Waals surface area contributed by atoms with Gasteiger partial charge < -0.3 is 11.5 Å². The van der Waals surface area contributed by atoms with Crippen molar-refractivity contribution in [2.24, 2.45) is 11.5 Å². The Kier molecular flexibility index (Phi) is 4.50. The van der Waals surface area contributed by atoms with Gasteiger partial charge in [-0.2, -0.15) is 0 Å². The van der Waals surface area contributed by atoms with Crippen molar-refractivity contribution in [3.8, 4) is 0 Å². The van der Waals surface area contributed by atoms with Crippen LogP contribution in [-0.2, 0) is 0 Å². The molecule has 1 atom stereocenters. The molecule has 0 aromatic heterocycles. The van der Waals surface area contributed by atoms with Crippen LogP contribution in [-0.4, -0.2) is 18.5 Å². The monoisotopic (exact) mass is 122 g/mol. The van der Waals surface area contributed by atoms with Gasteiger partial charge in [0.25, 0.3) is 0 Å². The first kappa shape index (κ1) is 7.21. The van der Waals surface area contributed by atoms with Crippen LogP contribution in [0.5, 0.6) is 0 Å². The Morgan fingerprint density at radius 2 is 2.00 bits per heavy atom. The Labute approximate surface area is 48.8 Å². The zero-order valence-electron chi connectivity index (χ0n) is 4.23. The second-order valence-corrected chi connectivity index (χ2v) is 2.03. The minimum absolute atomic E-state index is 0.0741. The predicted molar refractivity (Wildman–Crippen MR) is 32.4 cm³/mol. The molecule has 0 aliphatic carbocycles. The number of halogens is 1. The molecule has 0 amide bonds. The van der Waals surface area contributed by atoms with E-state index in [0.717, 1.165) is 6.42 Å². The number of nitrogens with two attached hydrogens (primary N) is 2. The van der Waals surface area contributed by atoms with E-state index in [1.54, 1.807) is 0 Å². The molecular weight excluding hydrogens is 112 g/mol. The molecule has 0 aromatic rings. The van der Waals surface area contributed by atoms with Crippen LogP contribution in [0, 0.1) is 0 Å². The molecule has 0 radical (unpaired) electrons. The molecule has 0 saturated carbocycles. The van der Waals surface area contributed by atoms with Crippen LogP contribution < -0.4 is 11.5 Å². The first-order valence-corrected chi connectivity index (χ1v) is 2.79. The van der Waals surface area contributed by atoms with Crippen LogP contribution in [0.15, 0.2) is 0 Å². The summed E-state index contributed by atoms with van der Waals surface area (Å²) in [5.74, 6) is 0. The van der Waals surface area contributed by atoms with E-state index in [4.69, 9.17) is 23.1 Å². The molecule has 2 nitrogen and oxygen atoms in total. The SMILES string of the molecule is NCCC(Cl)CN.